The maximum Gasteiger partial charge on any atom is 0.417 e. The number of carbonyl (C=O) groups is 2. The summed E-state index contributed by atoms with van der Waals surface area (Å²) in [5, 5.41) is 2.42. The lowest BCUT2D eigenvalue weighted by molar-refractivity contribution is -0.272. The monoisotopic (exact) mass is 584 g/mol. The molecular weight excluding hydrogens is 555 g/mol. The number of morpholine rings is 1. The Balaban J connectivity index is 1.46. The number of pyridine rings is 1. The van der Waals surface area contributed by atoms with Gasteiger partial charge in [0.2, 0.25) is 5.82 Å². The van der Waals surface area contributed by atoms with Crippen LogP contribution < -0.4 is 15.8 Å². The molecule has 0 radical (unpaired) electrons. The van der Waals surface area contributed by atoms with Gasteiger partial charge in [-0.1, -0.05) is 13.0 Å². The van der Waals surface area contributed by atoms with E-state index in [1.54, 1.807) is 0 Å². The maximum absolute atomic E-state index is 15.2. The van der Waals surface area contributed by atoms with Gasteiger partial charge >= 0.3 is 6.18 Å². The molecule has 9 nitrogen and oxygen atoms in total. The van der Waals surface area contributed by atoms with E-state index >= 15 is 4.39 Å². The lowest BCUT2D eigenvalue weighted by Crippen LogP contribution is -2.64. The highest BCUT2D eigenvalue weighted by atomic mass is 19.4. The SMILES string of the molecule is C[C@H]1[C@@H](c2ccc(F)c(F)c2OCCN2C3COCC2C3)[C@H](C(=O)Nc2ccnc(C(N)=O)c2)O[C@@]1(C)C(F)(F)F. The number of primary amides is 1. The van der Waals surface area contributed by atoms with Crippen LogP contribution in [0.4, 0.5) is 27.6 Å². The third kappa shape index (κ3) is 5.24. The van der Waals surface area contributed by atoms with Gasteiger partial charge in [0.1, 0.15) is 18.4 Å². The van der Waals surface area contributed by atoms with Crippen molar-refractivity contribution in [1.82, 2.24) is 9.88 Å². The predicted octanol–water partition coefficient (Wildman–Crippen LogP) is 3.39. The first-order valence-corrected chi connectivity index (χ1v) is 13.1. The summed E-state index contributed by atoms with van der Waals surface area (Å²) in [6.07, 6.45) is -4.56. The van der Waals surface area contributed by atoms with E-state index in [2.05, 4.69) is 15.2 Å². The molecule has 2 unspecified atom stereocenters. The molecule has 4 heterocycles. The van der Waals surface area contributed by atoms with E-state index in [0.29, 0.717) is 19.8 Å². The van der Waals surface area contributed by atoms with Gasteiger partial charge in [0.25, 0.3) is 11.8 Å². The smallest absolute Gasteiger partial charge is 0.417 e. The Morgan fingerprint density at radius 3 is 2.56 bits per heavy atom. The molecule has 2 aromatic rings. The molecule has 1 aromatic heterocycles. The number of ether oxygens (including phenoxy) is 3. The highest BCUT2D eigenvalue weighted by Gasteiger charge is 2.66. The van der Waals surface area contributed by atoms with Gasteiger partial charge in [0.15, 0.2) is 17.2 Å². The molecule has 0 spiro atoms. The van der Waals surface area contributed by atoms with Crippen LogP contribution in [0.3, 0.4) is 0 Å². The van der Waals surface area contributed by atoms with E-state index in [0.717, 1.165) is 31.5 Å². The van der Waals surface area contributed by atoms with Crippen molar-refractivity contribution in [2.45, 2.75) is 56.2 Å². The van der Waals surface area contributed by atoms with Crippen molar-refractivity contribution in [3.63, 3.8) is 0 Å². The average Bonchev–Trinajstić information content (AvgIpc) is 3.21. The highest BCUT2D eigenvalue weighted by Crippen LogP contribution is 2.55. The van der Waals surface area contributed by atoms with Gasteiger partial charge in [-0.15, -0.1) is 0 Å². The number of aromatic nitrogens is 1. The van der Waals surface area contributed by atoms with Gasteiger partial charge in [0.05, 0.1) is 13.2 Å². The second kappa shape index (κ2) is 10.8. The lowest BCUT2D eigenvalue weighted by atomic mass is 9.77. The summed E-state index contributed by atoms with van der Waals surface area (Å²) in [5.41, 5.74) is 2.12. The molecular formula is C27H29F5N4O5. The number of nitrogens with one attached hydrogen (secondary N) is 1. The second-order valence-corrected chi connectivity index (χ2v) is 10.7. The summed E-state index contributed by atoms with van der Waals surface area (Å²) in [7, 11) is 0. The fourth-order valence-corrected chi connectivity index (χ4v) is 5.87. The predicted molar refractivity (Wildman–Crippen MR) is 134 cm³/mol. The van der Waals surface area contributed by atoms with Crippen LogP contribution in [0.2, 0.25) is 0 Å². The van der Waals surface area contributed by atoms with Gasteiger partial charge in [-0.2, -0.15) is 17.6 Å². The Kier molecular flexibility index (Phi) is 7.68. The van der Waals surface area contributed by atoms with Crippen LogP contribution in [0, 0.1) is 17.6 Å². The molecule has 5 rings (SSSR count). The fraction of sp³-hybridized carbons (Fsp3) is 0.519. The van der Waals surface area contributed by atoms with Gasteiger partial charge in [-0.3, -0.25) is 19.5 Å². The quantitative estimate of drug-likeness (QED) is 0.457. The molecule has 0 aliphatic carbocycles. The number of carbonyl (C=O) groups excluding carboxylic acids is 2. The number of nitrogens with two attached hydrogens (primary N) is 1. The Labute approximate surface area is 232 Å². The molecule has 3 aliphatic heterocycles. The van der Waals surface area contributed by atoms with E-state index < -0.39 is 58.9 Å². The molecule has 3 fully saturated rings. The number of anilines is 1. The molecule has 2 amide bonds. The summed E-state index contributed by atoms with van der Waals surface area (Å²) in [6.45, 7) is 3.45. The molecule has 3 saturated heterocycles. The van der Waals surface area contributed by atoms with Gasteiger partial charge in [0, 0.05) is 47.9 Å². The first-order valence-electron chi connectivity index (χ1n) is 13.1. The van der Waals surface area contributed by atoms with Crippen molar-refractivity contribution in [3.05, 3.63) is 53.4 Å². The number of amides is 2. The van der Waals surface area contributed by atoms with Crippen LogP contribution in [-0.2, 0) is 14.3 Å². The van der Waals surface area contributed by atoms with Gasteiger partial charge in [-0.05, 0) is 31.5 Å². The van der Waals surface area contributed by atoms with Gasteiger partial charge < -0.3 is 25.3 Å². The molecule has 2 bridgehead atoms. The minimum Gasteiger partial charge on any atom is -0.489 e. The largest absolute Gasteiger partial charge is 0.489 e. The first-order chi connectivity index (χ1) is 19.3. The molecule has 0 saturated carbocycles. The van der Waals surface area contributed by atoms with E-state index in [1.165, 1.54) is 19.2 Å². The summed E-state index contributed by atoms with van der Waals surface area (Å²) >= 11 is 0. The molecule has 41 heavy (non-hydrogen) atoms. The summed E-state index contributed by atoms with van der Waals surface area (Å²) in [4.78, 5) is 30.8. The van der Waals surface area contributed by atoms with Crippen LogP contribution in [0.25, 0.3) is 0 Å². The van der Waals surface area contributed by atoms with E-state index in [1.807, 2.05) is 0 Å². The fourth-order valence-electron chi connectivity index (χ4n) is 5.87. The number of halogens is 5. The van der Waals surface area contributed by atoms with Crippen molar-refractivity contribution >= 4 is 17.5 Å². The maximum atomic E-state index is 15.2. The minimum atomic E-state index is -4.91. The average molecular weight is 585 g/mol. The van der Waals surface area contributed by atoms with Crippen molar-refractivity contribution in [2.75, 3.05) is 31.7 Å². The number of hydrogen-bond acceptors (Lipinski definition) is 7. The van der Waals surface area contributed by atoms with Crippen LogP contribution in [0.5, 0.6) is 5.75 Å². The third-order valence-electron chi connectivity index (χ3n) is 8.34. The zero-order chi connectivity index (χ0) is 29.7. The minimum absolute atomic E-state index is 0.0280. The van der Waals surface area contributed by atoms with Crippen LogP contribution in [0.1, 0.15) is 42.2 Å². The number of hydrogen-bond donors (Lipinski definition) is 2. The zero-order valence-electron chi connectivity index (χ0n) is 22.2. The lowest BCUT2D eigenvalue weighted by Gasteiger charge is -2.52. The first kappa shape index (κ1) is 29.1. The number of rotatable bonds is 8. The molecule has 3 N–H and O–H groups in total. The van der Waals surface area contributed by atoms with Crippen LogP contribution >= 0.6 is 0 Å². The van der Waals surface area contributed by atoms with Crippen molar-refractivity contribution in [3.8, 4) is 5.75 Å². The Morgan fingerprint density at radius 1 is 1.22 bits per heavy atom. The second-order valence-electron chi connectivity index (χ2n) is 10.7. The van der Waals surface area contributed by atoms with Crippen LogP contribution in [-0.4, -0.2) is 78.0 Å². The van der Waals surface area contributed by atoms with E-state index in [-0.39, 0.29) is 35.6 Å². The number of alkyl halides is 3. The zero-order valence-corrected chi connectivity index (χ0v) is 22.2. The topological polar surface area (TPSA) is 116 Å². The summed E-state index contributed by atoms with van der Waals surface area (Å²) in [6, 6.07) is 4.75. The third-order valence-corrected chi connectivity index (χ3v) is 8.34. The number of nitrogens with zero attached hydrogens (tertiary/aromatic N) is 2. The number of benzene rings is 1. The molecule has 3 aliphatic rings. The Hall–Kier alpha value is -3.36. The standard InChI is InChI=1S/C27H29F5N4O5/c1-13-20(17-3-4-18(28)21(29)22(17)40-8-7-36-15-10-16(36)12-39-11-15)23(41-26(13,2)27(30,31)32)25(38)35-14-5-6-34-19(9-14)24(33)37/h3-6,9,13,15-16,20,23H,7-8,10-12H2,1-2H3,(H2,33,37)(H,34,35,38)/t13-,15?,16?,20-,23+,26+/m0/s1. The molecule has 1 aromatic carbocycles. The normalized spacial score (nSPS) is 29.6. The van der Waals surface area contributed by atoms with Gasteiger partial charge in [-0.25, -0.2) is 4.39 Å². The summed E-state index contributed by atoms with van der Waals surface area (Å²) in [5.74, 6) is -7.89. The Morgan fingerprint density at radius 2 is 1.93 bits per heavy atom. The molecule has 14 heteroatoms. The molecule has 222 valence electrons. The van der Waals surface area contributed by atoms with Crippen LogP contribution in [0.15, 0.2) is 30.5 Å². The Bertz CT molecular complexity index is 1330. The number of fused-ring (bicyclic) bond motifs is 2. The van der Waals surface area contributed by atoms with Crippen molar-refractivity contribution < 1.29 is 45.8 Å². The molecule has 6 atom stereocenters. The van der Waals surface area contributed by atoms with E-state index in [9.17, 15) is 27.2 Å². The van der Waals surface area contributed by atoms with Crippen molar-refractivity contribution in [2.24, 2.45) is 11.7 Å². The van der Waals surface area contributed by atoms with E-state index in [4.69, 9.17) is 19.9 Å². The summed E-state index contributed by atoms with van der Waals surface area (Å²) < 4.78 is 88.9. The van der Waals surface area contributed by atoms with Crippen molar-refractivity contribution in [1.29, 1.82) is 0 Å². The highest BCUT2D eigenvalue weighted by molar-refractivity contribution is 5.97.